The predicted molar refractivity (Wildman–Crippen MR) is 69.9 cm³/mol. The normalized spacial score (nSPS) is 24.0. The molecule has 2 N–H and O–H groups in total. The highest BCUT2D eigenvalue weighted by atomic mass is 16.5. The maximum absolute atomic E-state index is 5.82. The molecule has 5 heteroatoms. The third kappa shape index (κ3) is 3.09. The van der Waals surface area contributed by atoms with Gasteiger partial charge in [0, 0.05) is 12.5 Å². The van der Waals surface area contributed by atoms with Crippen LogP contribution in [0, 0.1) is 5.92 Å². The molecule has 5 nitrogen and oxygen atoms in total. The number of nitrogens with two attached hydrogens (primary N) is 1. The summed E-state index contributed by atoms with van der Waals surface area (Å²) in [7, 11) is 2.13. The second kappa shape index (κ2) is 6.29. The second-order valence-corrected chi connectivity index (χ2v) is 5.26. The van der Waals surface area contributed by atoms with Gasteiger partial charge < -0.3 is 10.3 Å². The predicted octanol–water partition coefficient (Wildman–Crippen LogP) is 1.58. The van der Waals surface area contributed by atoms with Crippen LogP contribution in [0.4, 0.5) is 0 Å². The summed E-state index contributed by atoms with van der Waals surface area (Å²) in [6.07, 6.45) is 5.70. The van der Waals surface area contributed by atoms with Gasteiger partial charge in [-0.15, -0.1) is 0 Å². The zero-order chi connectivity index (χ0) is 13.0. The zero-order valence-electron chi connectivity index (χ0n) is 11.4. The van der Waals surface area contributed by atoms with Gasteiger partial charge in [0.05, 0.1) is 6.54 Å². The molecule has 1 fully saturated rings. The minimum atomic E-state index is 0.566. The van der Waals surface area contributed by atoms with Crippen LogP contribution in [-0.4, -0.2) is 34.7 Å². The average molecular weight is 252 g/mol. The van der Waals surface area contributed by atoms with Crippen LogP contribution < -0.4 is 5.73 Å². The third-order valence-electron chi connectivity index (χ3n) is 3.86. The molecule has 102 valence electrons. The van der Waals surface area contributed by atoms with Crippen LogP contribution in [-0.2, 0) is 13.0 Å². The van der Waals surface area contributed by atoms with E-state index in [4.69, 9.17) is 10.3 Å². The Morgan fingerprint density at radius 2 is 2.28 bits per heavy atom. The molecule has 0 amide bonds. The zero-order valence-corrected chi connectivity index (χ0v) is 11.4. The van der Waals surface area contributed by atoms with E-state index in [0.717, 1.165) is 37.6 Å². The number of hydrogen-bond acceptors (Lipinski definition) is 5. The van der Waals surface area contributed by atoms with Crippen LogP contribution in [0.5, 0.6) is 0 Å². The third-order valence-corrected chi connectivity index (χ3v) is 3.86. The van der Waals surface area contributed by atoms with Crippen molar-refractivity contribution in [3.05, 3.63) is 11.7 Å². The highest BCUT2D eigenvalue weighted by molar-refractivity contribution is 4.90. The molecule has 1 aliphatic rings. The molecule has 1 heterocycles. The van der Waals surface area contributed by atoms with Crippen LogP contribution in [0.2, 0.25) is 0 Å². The van der Waals surface area contributed by atoms with Crippen molar-refractivity contribution in [3.8, 4) is 0 Å². The Balaban J connectivity index is 1.91. The summed E-state index contributed by atoms with van der Waals surface area (Å²) in [4.78, 5) is 6.72. The SMILES string of the molecule is CCCc1noc(CN(C)C2CCCC2CN)n1. The second-order valence-electron chi connectivity index (χ2n) is 5.26. The van der Waals surface area contributed by atoms with E-state index in [1.165, 1.54) is 19.3 Å². The Labute approximate surface area is 109 Å². The standard InChI is InChI=1S/C13H24N4O/c1-3-5-12-15-13(18-16-12)9-17(2)11-7-4-6-10(11)8-14/h10-11H,3-9,14H2,1-2H3. The van der Waals surface area contributed by atoms with Crippen LogP contribution in [0.3, 0.4) is 0 Å². The summed E-state index contributed by atoms with van der Waals surface area (Å²) in [5, 5.41) is 3.99. The summed E-state index contributed by atoms with van der Waals surface area (Å²) in [5.41, 5.74) is 5.82. The van der Waals surface area contributed by atoms with Crippen molar-refractivity contribution < 1.29 is 4.52 Å². The van der Waals surface area contributed by atoms with Crippen molar-refractivity contribution in [2.75, 3.05) is 13.6 Å². The van der Waals surface area contributed by atoms with Gasteiger partial charge in [-0.3, -0.25) is 4.90 Å². The van der Waals surface area contributed by atoms with Crippen molar-refractivity contribution in [3.63, 3.8) is 0 Å². The summed E-state index contributed by atoms with van der Waals surface area (Å²) in [6, 6.07) is 0.566. The minimum absolute atomic E-state index is 0.566. The van der Waals surface area contributed by atoms with Crippen molar-refractivity contribution in [1.29, 1.82) is 0 Å². The largest absolute Gasteiger partial charge is 0.338 e. The molecule has 0 bridgehead atoms. The first-order valence-corrected chi connectivity index (χ1v) is 6.96. The van der Waals surface area contributed by atoms with Gasteiger partial charge in [-0.1, -0.05) is 18.5 Å². The lowest BCUT2D eigenvalue weighted by Gasteiger charge is -2.27. The van der Waals surface area contributed by atoms with E-state index in [1.807, 2.05) is 0 Å². The van der Waals surface area contributed by atoms with Crippen molar-refractivity contribution >= 4 is 0 Å². The van der Waals surface area contributed by atoms with Gasteiger partial charge in [-0.05, 0) is 38.8 Å². The lowest BCUT2D eigenvalue weighted by molar-refractivity contribution is 0.171. The van der Waals surface area contributed by atoms with E-state index >= 15 is 0 Å². The Morgan fingerprint density at radius 1 is 1.44 bits per heavy atom. The lowest BCUT2D eigenvalue weighted by atomic mass is 10.0. The van der Waals surface area contributed by atoms with Gasteiger partial charge >= 0.3 is 0 Å². The fourth-order valence-corrected chi connectivity index (χ4v) is 2.88. The molecule has 2 unspecified atom stereocenters. The maximum atomic E-state index is 5.82. The monoisotopic (exact) mass is 252 g/mol. The van der Waals surface area contributed by atoms with Crippen LogP contribution in [0.25, 0.3) is 0 Å². The van der Waals surface area contributed by atoms with Gasteiger partial charge in [0.25, 0.3) is 0 Å². The fourth-order valence-electron chi connectivity index (χ4n) is 2.88. The molecule has 0 saturated heterocycles. The van der Waals surface area contributed by atoms with E-state index in [9.17, 15) is 0 Å². The van der Waals surface area contributed by atoms with E-state index in [2.05, 4.69) is 29.0 Å². The molecule has 0 aromatic carbocycles. The van der Waals surface area contributed by atoms with Gasteiger partial charge in [0.1, 0.15) is 0 Å². The summed E-state index contributed by atoms with van der Waals surface area (Å²) < 4.78 is 5.28. The Hall–Kier alpha value is -0.940. The number of nitrogens with zero attached hydrogens (tertiary/aromatic N) is 3. The van der Waals surface area contributed by atoms with Crippen LogP contribution >= 0.6 is 0 Å². The highest BCUT2D eigenvalue weighted by Gasteiger charge is 2.29. The quantitative estimate of drug-likeness (QED) is 0.832. The van der Waals surface area contributed by atoms with Gasteiger partial charge in [0.15, 0.2) is 5.82 Å². The van der Waals surface area contributed by atoms with Crippen molar-refractivity contribution in [1.82, 2.24) is 15.0 Å². The van der Waals surface area contributed by atoms with Gasteiger partial charge in [-0.2, -0.15) is 4.98 Å². The van der Waals surface area contributed by atoms with Crippen molar-refractivity contribution in [2.45, 2.75) is 51.6 Å². The summed E-state index contributed by atoms with van der Waals surface area (Å²) in [5.74, 6) is 2.17. The Morgan fingerprint density at radius 3 is 3.00 bits per heavy atom. The van der Waals surface area contributed by atoms with Gasteiger partial charge in [-0.25, -0.2) is 0 Å². The molecule has 1 saturated carbocycles. The van der Waals surface area contributed by atoms with Crippen LogP contribution in [0.15, 0.2) is 4.52 Å². The first-order chi connectivity index (χ1) is 8.74. The number of hydrogen-bond donors (Lipinski definition) is 1. The number of aryl methyl sites for hydroxylation is 1. The lowest BCUT2D eigenvalue weighted by Crippen LogP contribution is -2.37. The molecule has 0 spiro atoms. The average Bonchev–Trinajstić information content (AvgIpc) is 2.98. The number of rotatable bonds is 6. The topological polar surface area (TPSA) is 68.2 Å². The molecule has 0 radical (unpaired) electrons. The molecular formula is C13H24N4O. The molecular weight excluding hydrogens is 228 g/mol. The number of aromatic nitrogens is 2. The molecule has 2 atom stereocenters. The fraction of sp³-hybridized carbons (Fsp3) is 0.846. The van der Waals surface area contributed by atoms with Crippen molar-refractivity contribution in [2.24, 2.45) is 11.7 Å². The summed E-state index contributed by atoms with van der Waals surface area (Å²) in [6.45, 7) is 3.63. The van der Waals surface area contributed by atoms with E-state index in [-0.39, 0.29) is 0 Å². The van der Waals surface area contributed by atoms with Crippen LogP contribution in [0.1, 0.15) is 44.3 Å². The molecule has 1 aliphatic carbocycles. The van der Waals surface area contributed by atoms with Gasteiger partial charge in [0.2, 0.25) is 5.89 Å². The first kappa shape index (κ1) is 13.5. The molecule has 18 heavy (non-hydrogen) atoms. The molecule has 1 aromatic rings. The molecule has 1 aromatic heterocycles. The van der Waals surface area contributed by atoms with E-state index in [0.29, 0.717) is 12.0 Å². The summed E-state index contributed by atoms with van der Waals surface area (Å²) >= 11 is 0. The molecule has 0 aliphatic heterocycles. The highest BCUT2D eigenvalue weighted by Crippen LogP contribution is 2.29. The Bertz CT molecular complexity index is 366. The van der Waals surface area contributed by atoms with E-state index < -0.39 is 0 Å². The maximum Gasteiger partial charge on any atom is 0.240 e. The Kier molecular flexibility index (Phi) is 4.72. The van der Waals surface area contributed by atoms with E-state index in [1.54, 1.807) is 0 Å². The smallest absolute Gasteiger partial charge is 0.240 e. The minimum Gasteiger partial charge on any atom is -0.338 e. The molecule has 2 rings (SSSR count). The first-order valence-electron chi connectivity index (χ1n) is 6.96.